The molecule has 4 aromatic rings. The van der Waals surface area contributed by atoms with Crippen molar-refractivity contribution in [3.63, 3.8) is 0 Å². The van der Waals surface area contributed by atoms with Crippen molar-refractivity contribution in [2.24, 2.45) is 0 Å². The molecule has 0 saturated carbocycles. The number of nitrogens with two attached hydrogens (primary N) is 1. The molecule has 1 aromatic carbocycles. The van der Waals surface area contributed by atoms with Crippen LogP contribution in [0.2, 0.25) is 0 Å². The Balaban J connectivity index is 1.69. The molecule has 3 aromatic heterocycles. The van der Waals surface area contributed by atoms with E-state index in [2.05, 4.69) is 15.1 Å². The van der Waals surface area contributed by atoms with Gasteiger partial charge in [-0.05, 0) is 29.1 Å². The van der Waals surface area contributed by atoms with Crippen LogP contribution in [0.5, 0.6) is 0 Å². The van der Waals surface area contributed by atoms with Crippen LogP contribution in [0.25, 0.3) is 16.7 Å². The molecule has 0 atom stereocenters. The minimum absolute atomic E-state index is 0.102. The first-order valence-electron chi connectivity index (χ1n) is 7.31. The number of ketones is 1. The quantitative estimate of drug-likeness (QED) is 0.580. The number of aromatic nitrogens is 4. The van der Waals surface area contributed by atoms with Crippen molar-refractivity contribution >= 4 is 34.0 Å². The lowest BCUT2D eigenvalue weighted by molar-refractivity contribution is 0.0993. The van der Waals surface area contributed by atoms with E-state index in [1.165, 1.54) is 17.7 Å². The number of thiophene rings is 1. The molecule has 118 valence electrons. The highest BCUT2D eigenvalue weighted by Crippen LogP contribution is 2.20. The first kappa shape index (κ1) is 14.5. The molecule has 0 spiro atoms. The molecule has 0 radical (unpaired) electrons. The van der Waals surface area contributed by atoms with Gasteiger partial charge < -0.3 is 5.73 Å². The summed E-state index contributed by atoms with van der Waals surface area (Å²) in [5.74, 6) is 0.500. The topological polar surface area (TPSA) is 86.7 Å². The molecule has 24 heavy (non-hydrogen) atoms. The Labute approximate surface area is 141 Å². The van der Waals surface area contributed by atoms with Crippen LogP contribution in [-0.2, 0) is 6.42 Å². The van der Waals surface area contributed by atoms with E-state index in [1.807, 2.05) is 41.1 Å². The first-order valence-corrected chi connectivity index (χ1v) is 8.25. The molecule has 0 aliphatic heterocycles. The minimum Gasteiger partial charge on any atom is -0.383 e. The SMILES string of the molecule is Nc1ncnc2c1cnn2-c1cccc(CC(=O)c2ccsc2)c1. The highest BCUT2D eigenvalue weighted by Gasteiger charge is 2.11. The number of nitrogens with zero attached hydrogens (tertiary/aromatic N) is 4. The third-order valence-electron chi connectivity index (χ3n) is 3.76. The number of benzene rings is 1. The standard InChI is InChI=1S/C17H13N5OS/c18-16-14-8-21-22(17(14)20-10-19-16)13-3-1-2-11(6-13)7-15(23)12-4-5-24-9-12/h1-6,8-10H,7H2,(H2,18,19,20). The molecule has 2 N–H and O–H groups in total. The summed E-state index contributed by atoms with van der Waals surface area (Å²) in [7, 11) is 0. The maximum Gasteiger partial charge on any atom is 0.168 e. The van der Waals surface area contributed by atoms with Crippen LogP contribution in [0, 0.1) is 0 Å². The molecular weight excluding hydrogens is 322 g/mol. The van der Waals surface area contributed by atoms with Gasteiger partial charge >= 0.3 is 0 Å². The van der Waals surface area contributed by atoms with Crippen LogP contribution < -0.4 is 5.73 Å². The van der Waals surface area contributed by atoms with Crippen molar-refractivity contribution in [3.05, 3.63) is 64.7 Å². The van der Waals surface area contributed by atoms with Gasteiger partial charge in [0, 0.05) is 17.4 Å². The van der Waals surface area contributed by atoms with Crippen molar-refractivity contribution in [2.45, 2.75) is 6.42 Å². The van der Waals surface area contributed by atoms with E-state index in [1.54, 1.807) is 10.9 Å². The van der Waals surface area contributed by atoms with Gasteiger partial charge in [0.25, 0.3) is 0 Å². The maximum atomic E-state index is 12.3. The summed E-state index contributed by atoms with van der Waals surface area (Å²) >= 11 is 1.52. The average Bonchev–Trinajstić information content (AvgIpc) is 3.26. The maximum absolute atomic E-state index is 12.3. The number of carbonyl (C=O) groups is 1. The zero-order chi connectivity index (χ0) is 16.5. The fourth-order valence-electron chi connectivity index (χ4n) is 2.56. The van der Waals surface area contributed by atoms with Gasteiger partial charge in [0.1, 0.15) is 12.1 Å². The molecule has 0 fully saturated rings. The smallest absolute Gasteiger partial charge is 0.168 e. The normalized spacial score (nSPS) is 11.0. The summed E-state index contributed by atoms with van der Waals surface area (Å²) in [5, 5.41) is 8.83. The molecule has 0 saturated heterocycles. The molecule has 7 heteroatoms. The van der Waals surface area contributed by atoms with Crippen LogP contribution >= 0.6 is 11.3 Å². The monoisotopic (exact) mass is 335 g/mol. The second-order valence-corrected chi connectivity index (χ2v) is 6.11. The Morgan fingerprint density at radius 1 is 1.25 bits per heavy atom. The third-order valence-corrected chi connectivity index (χ3v) is 4.44. The van der Waals surface area contributed by atoms with Crippen molar-refractivity contribution in [1.82, 2.24) is 19.7 Å². The van der Waals surface area contributed by atoms with E-state index in [-0.39, 0.29) is 5.78 Å². The molecule has 6 nitrogen and oxygen atoms in total. The van der Waals surface area contributed by atoms with E-state index in [9.17, 15) is 4.79 Å². The zero-order valence-corrected chi connectivity index (χ0v) is 13.4. The average molecular weight is 335 g/mol. The Bertz CT molecular complexity index is 1020. The van der Waals surface area contributed by atoms with Crippen LogP contribution in [0.1, 0.15) is 15.9 Å². The number of Topliss-reactive ketones (excluding diaryl/α,β-unsaturated/α-hetero) is 1. The van der Waals surface area contributed by atoms with Gasteiger partial charge in [-0.2, -0.15) is 16.4 Å². The fraction of sp³-hybridized carbons (Fsp3) is 0.0588. The summed E-state index contributed by atoms with van der Waals surface area (Å²) in [6.07, 6.45) is 3.41. The number of carbonyl (C=O) groups excluding carboxylic acids is 1. The van der Waals surface area contributed by atoms with Gasteiger partial charge in [0.15, 0.2) is 11.4 Å². The fourth-order valence-corrected chi connectivity index (χ4v) is 3.22. The largest absolute Gasteiger partial charge is 0.383 e. The van der Waals surface area contributed by atoms with Crippen LogP contribution in [0.3, 0.4) is 0 Å². The Morgan fingerprint density at radius 3 is 3.00 bits per heavy atom. The predicted octanol–water partition coefficient (Wildman–Crippen LogP) is 2.88. The first-order chi connectivity index (χ1) is 11.7. The molecule has 0 amide bonds. The molecule has 3 heterocycles. The second-order valence-electron chi connectivity index (χ2n) is 5.33. The van der Waals surface area contributed by atoms with Crippen molar-refractivity contribution in [2.75, 3.05) is 5.73 Å². The molecule has 0 aliphatic carbocycles. The predicted molar refractivity (Wildman–Crippen MR) is 93.4 cm³/mol. The van der Waals surface area contributed by atoms with E-state index < -0.39 is 0 Å². The highest BCUT2D eigenvalue weighted by atomic mass is 32.1. The number of hydrogen-bond donors (Lipinski definition) is 1. The van der Waals surface area contributed by atoms with Crippen LogP contribution in [-0.4, -0.2) is 25.5 Å². The molecule has 0 bridgehead atoms. The second kappa shape index (κ2) is 5.86. The number of nitrogen functional groups attached to an aromatic ring is 1. The Morgan fingerprint density at radius 2 is 2.17 bits per heavy atom. The summed E-state index contributed by atoms with van der Waals surface area (Å²) in [5.41, 5.74) is 9.00. The lowest BCUT2D eigenvalue weighted by Gasteiger charge is -2.06. The summed E-state index contributed by atoms with van der Waals surface area (Å²) < 4.78 is 1.70. The minimum atomic E-state index is 0.102. The van der Waals surface area contributed by atoms with Crippen molar-refractivity contribution in [1.29, 1.82) is 0 Å². The Kier molecular flexibility index (Phi) is 3.55. The Hall–Kier alpha value is -3.06. The lowest BCUT2D eigenvalue weighted by atomic mass is 10.0. The molecular formula is C17H13N5OS. The van der Waals surface area contributed by atoms with E-state index in [0.29, 0.717) is 23.3 Å². The summed E-state index contributed by atoms with van der Waals surface area (Å²) in [4.78, 5) is 20.5. The molecule has 0 unspecified atom stereocenters. The van der Waals surface area contributed by atoms with Gasteiger partial charge in [-0.3, -0.25) is 4.79 Å². The number of fused-ring (bicyclic) bond motifs is 1. The zero-order valence-electron chi connectivity index (χ0n) is 12.6. The van der Waals surface area contributed by atoms with Crippen LogP contribution in [0.15, 0.2) is 53.6 Å². The number of anilines is 1. The van der Waals surface area contributed by atoms with Gasteiger partial charge in [0.05, 0.1) is 17.3 Å². The number of rotatable bonds is 4. The lowest BCUT2D eigenvalue weighted by Crippen LogP contribution is -2.04. The van der Waals surface area contributed by atoms with E-state index in [0.717, 1.165) is 16.8 Å². The van der Waals surface area contributed by atoms with E-state index in [4.69, 9.17) is 5.73 Å². The van der Waals surface area contributed by atoms with Gasteiger partial charge in [-0.1, -0.05) is 12.1 Å². The summed E-state index contributed by atoms with van der Waals surface area (Å²) in [6.45, 7) is 0. The highest BCUT2D eigenvalue weighted by molar-refractivity contribution is 7.08. The van der Waals surface area contributed by atoms with Crippen molar-refractivity contribution in [3.8, 4) is 5.69 Å². The summed E-state index contributed by atoms with van der Waals surface area (Å²) in [6, 6.07) is 9.54. The molecule has 4 rings (SSSR count). The van der Waals surface area contributed by atoms with E-state index >= 15 is 0 Å². The van der Waals surface area contributed by atoms with Crippen LogP contribution in [0.4, 0.5) is 5.82 Å². The van der Waals surface area contributed by atoms with Crippen molar-refractivity contribution < 1.29 is 4.79 Å². The number of hydrogen-bond acceptors (Lipinski definition) is 6. The van der Waals surface area contributed by atoms with Gasteiger partial charge in [-0.25, -0.2) is 14.6 Å². The third kappa shape index (κ3) is 2.55. The molecule has 0 aliphatic rings. The van der Waals surface area contributed by atoms with Gasteiger partial charge in [0.2, 0.25) is 0 Å². The van der Waals surface area contributed by atoms with Gasteiger partial charge in [-0.15, -0.1) is 0 Å².